The topological polar surface area (TPSA) is 70.6 Å². The molecule has 6 heteroatoms. The number of benzene rings is 2. The molecule has 132 valence electrons. The zero-order valence-corrected chi connectivity index (χ0v) is 15.4. The van der Waals surface area contributed by atoms with Crippen molar-refractivity contribution in [2.75, 3.05) is 5.32 Å². The fraction of sp³-hybridized carbons (Fsp3) is 0.150. The summed E-state index contributed by atoms with van der Waals surface area (Å²) in [5.74, 6) is -0.499. The van der Waals surface area contributed by atoms with Crippen molar-refractivity contribution in [2.24, 2.45) is 5.10 Å². The first kappa shape index (κ1) is 17.8. The van der Waals surface area contributed by atoms with Crippen LogP contribution in [0.4, 0.5) is 5.00 Å². The summed E-state index contributed by atoms with van der Waals surface area (Å²) in [6.45, 7) is 3.58. The maximum absolute atomic E-state index is 12.5. The molecule has 0 aliphatic heterocycles. The van der Waals surface area contributed by atoms with Gasteiger partial charge in [-0.25, -0.2) is 5.43 Å². The van der Waals surface area contributed by atoms with Gasteiger partial charge in [0, 0.05) is 5.71 Å². The van der Waals surface area contributed by atoms with Crippen molar-refractivity contribution in [3.05, 3.63) is 65.0 Å². The molecule has 0 aliphatic rings. The van der Waals surface area contributed by atoms with Crippen molar-refractivity contribution >= 4 is 44.6 Å². The number of hydrogen-bond acceptors (Lipinski definition) is 4. The summed E-state index contributed by atoms with van der Waals surface area (Å²) >= 11 is 1.31. The molecule has 0 aliphatic carbocycles. The van der Waals surface area contributed by atoms with E-state index in [2.05, 4.69) is 15.8 Å². The number of anilines is 1. The Morgan fingerprint density at radius 1 is 1.04 bits per heavy atom. The Labute approximate surface area is 155 Å². The van der Waals surface area contributed by atoms with Crippen LogP contribution in [0.3, 0.4) is 0 Å². The summed E-state index contributed by atoms with van der Waals surface area (Å²) in [6.07, 6.45) is 0.243. The Hall–Kier alpha value is -2.99. The number of amides is 2. The SMILES string of the molecule is CC(C)=NNC(=O)c1ccsc1NC(=O)Cc1cccc2ccccc12. The van der Waals surface area contributed by atoms with E-state index in [0.29, 0.717) is 10.6 Å². The van der Waals surface area contributed by atoms with E-state index in [9.17, 15) is 9.59 Å². The average molecular weight is 365 g/mol. The highest BCUT2D eigenvalue weighted by Gasteiger charge is 2.15. The number of nitrogens with zero attached hydrogens (tertiary/aromatic N) is 1. The van der Waals surface area contributed by atoms with Gasteiger partial charge in [-0.05, 0) is 41.6 Å². The lowest BCUT2D eigenvalue weighted by molar-refractivity contribution is -0.115. The number of hydrazone groups is 1. The third kappa shape index (κ3) is 4.15. The van der Waals surface area contributed by atoms with Gasteiger partial charge in [-0.1, -0.05) is 42.5 Å². The lowest BCUT2D eigenvalue weighted by atomic mass is 10.0. The first-order valence-electron chi connectivity index (χ1n) is 8.20. The lowest BCUT2D eigenvalue weighted by Gasteiger charge is -2.08. The van der Waals surface area contributed by atoms with Crippen molar-refractivity contribution in [1.29, 1.82) is 0 Å². The molecule has 2 amide bonds. The van der Waals surface area contributed by atoms with Crippen LogP contribution in [0.15, 0.2) is 59.0 Å². The number of fused-ring (bicyclic) bond motifs is 1. The molecule has 0 unspecified atom stereocenters. The maximum Gasteiger partial charge on any atom is 0.274 e. The predicted octanol–water partition coefficient (Wildman–Crippen LogP) is 4.21. The standard InChI is InChI=1S/C20H19N3O2S/c1-13(2)22-23-19(25)17-10-11-26-20(17)21-18(24)12-15-8-5-7-14-6-3-4-9-16(14)15/h3-11H,12H2,1-2H3,(H,21,24)(H,23,25). The molecule has 0 saturated carbocycles. The molecule has 0 radical (unpaired) electrons. The second kappa shape index (κ2) is 7.93. The van der Waals surface area contributed by atoms with Crippen molar-refractivity contribution in [3.8, 4) is 0 Å². The van der Waals surface area contributed by atoms with Crippen molar-refractivity contribution in [2.45, 2.75) is 20.3 Å². The Morgan fingerprint density at radius 3 is 2.62 bits per heavy atom. The van der Waals surface area contributed by atoms with Crippen LogP contribution in [0, 0.1) is 0 Å². The summed E-state index contributed by atoms with van der Waals surface area (Å²) < 4.78 is 0. The first-order valence-corrected chi connectivity index (χ1v) is 9.08. The molecule has 0 saturated heterocycles. The van der Waals surface area contributed by atoms with E-state index in [-0.39, 0.29) is 18.2 Å². The van der Waals surface area contributed by atoms with Crippen LogP contribution in [0.1, 0.15) is 29.8 Å². The fourth-order valence-electron chi connectivity index (χ4n) is 2.60. The van der Waals surface area contributed by atoms with Gasteiger partial charge in [0.2, 0.25) is 5.91 Å². The van der Waals surface area contributed by atoms with Crippen LogP contribution in [0.5, 0.6) is 0 Å². The summed E-state index contributed by atoms with van der Waals surface area (Å²) in [5.41, 5.74) is 4.58. The van der Waals surface area contributed by atoms with E-state index in [1.807, 2.05) is 42.5 Å². The predicted molar refractivity (Wildman–Crippen MR) is 107 cm³/mol. The van der Waals surface area contributed by atoms with Gasteiger partial charge in [-0.3, -0.25) is 9.59 Å². The van der Waals surface area contributed by atoms with Gasteiger partial charge in [-0.2, -0.15) is 5.10 Å². The molecule has 3 aromatic rings. The minimum absolute atomic E-state index is 0.159. The van der Waals surface area contributed by atoms with Gasteiger partial charge in [0.1, 0.15) is 5.00 Å². The van der Waals surface area contributed by atoms with Gasteiger partial charge in [0.25, 0.3) is 5.91 Å². The van der Waals surface area contributed by atoms with E-state index in [0.717, 1.165) is 22.0 Å². The number of rotatable bonds is 5. The minimum atomic E-state index is -0.340. The molecule has 2 N–H and O–H groups in total. The van der Waals surface area contributed by atoms with E-state index in [1.54, 1.807) is 25.3 Å². The summed E-state index contributed by atoms with van der Waals surface area (Å²) in [4.78, 5) is 24.7. The van der Waals surface area contributed by atoms with Crippen LogP contribution in [-0.2, 0) is 11.2 Å². The van der Waals surface area contributed by atoms with Crippen molar-refractivity contribution < 1.29 is 9.59 Å². The van der Waals surface area contributed by atoms with Crippen LogP contribution in [0.25, 0.3) is 10.8 Å². The van der Waals surface area contributed by atoms with Crippen molar-refractivity contribution in [3.63, 3.8) is 0 Å². The lowest BCUT2D eigenvalue weighted by Crippen LogP contribution is -2.21. The highest BCUT2D eigenvalue weighted by molar-refractivity contribution is 7.14. The summed E-state index contributed by atoms with van der Waals surface area (Å²) in [5, 5.41) is 11.2. The van der Waals surface area contributed by atoms with Crippen LogP contribution >= 0.6 is 11.3 Å². The minimum Gasteiger partial charge on any atom is -0.317 e. The summed E-state index contributed by atoms with van der Waals surface area (Å²) in [6, 6.07) is 15.6. The molecule has 3 rings (SSSR count). The van der Waals surface area contributed by atoms with Crippen LogP contribution < -0.4 is 10.7 Å². The molecule has 26 heavy (non-hydrogen) atoms. The smallest absolute Gasteiger partial charge is 0.274 e. The largest absolute Gasteiger partial charge is 0.317 e. The molecule has 0 spiro atoms. The van der Waals surface area contributed by atoms with Crippen LogP contribution in [0.2, 0.25) is 0 Å². The Morgan fingerprint density at radius 2 is 1.81 bits per heavy atom. The quantitative estimate of drug-likeness (QED) is 0.525. The molecule has 1 heterocycles. The normalized spacial score (nSPS) is 10.4. The first-order chi connectivity index (χ1) is 12.5. The van der Waals surface area contributed by atoms with Gasteiger partial charge < -0.3 is 5.32 Å². The number of nitrogens with one attached hydrogen (secondary N) is 2. The van der Waals surface area contributed by atoms with E-state index >= 15 is 0 Å². The number of carbonyl (C=O) groups excluding carboxylic acids is 2. The van der Waals surface area contributed by atoms with E-state index in [1.165, 1.54) is 11.3 Å². The van der Waals surface area contributed by atoms with E-state index in [4.69, 9.17) is 0 Å². The van der Waals surface area contributed by atoms with E-state index < -0.39 is 0 Å². The van der Waals surface area contributed by atoms with Gasteiger partial charge in [-0.15, -0.1) is 11.3 Å². The number of hydrogen-bond donors (Lipinski definition) is 2. The zero-order chi connectivity index (χ0) is 18.5. The molecule has 5 nitrogen and oxygen atoms in total. The summed E-state index contributed by atoms with van der Waals surface area (Å²) in [7, 11) is 0. The molecule has 2 aromatic carbocycles. The fourth-order valence-corrected chi connectivity index (χ4v) is 3.40. The van der Waals surface area contributed by atoms with Gasteiger partial charge in [0.05, 0.1) is 12.0 Å². The molecular weight excluding hydrogens is 346 g/mol. The third-order valence-corrected chi connectivity index (χ3v) is 4.60. The second-order valence-corrected chi connectivity index (χ2v) is 6.94. The number of thiophene rings is 1. The Balaban J connectivity index is 1.74. The molecule has 0 fully saturated rings. The van der Waals surface area contributed by atoms with Crippen LogP contribution in [-0.4, -0.2) is 17.5 Å². The Bertz CT molecular complexity index is 982. The second-order valence-electron chi connectivity index (χ2n) is 6.03. The molecule has 0 atom stereocenters. The Kier molecular flexibility index (Phi) is 5.43. The van der Waals surface area contributed by atoms with Gasteiger partial charge >= 0.3 is 0 Å². The monoisotopic (exact) mass is 365 g/mol. The van der Waals surface area contributed by atoms with Gasteiger partial charge in [0.15, 0.2) is 0 Å². The maximum atomic E-state index is 12.5. The third-order valence-electron chi connectivity index (χ3n) is 3.77. The number of carbonyl (C=O) groups is 2. The van der Waals surface area contributed by atoms with Crippen molar-refractivity contribution in [1.82, 2.24) is 5.43 Å². The zero-order valence-electron chi connectivity index (χ0n) is 14.6. The molecule has 0 bridgehead atoms. The average Bonchev–Trinajstić information content (AvgIpc) is 3.08. The molecular formula is C20H19N3O2S. The highest BCUT2D eigenvalue weighted by atomic mass is 32.1. The molecule has 1 aromatic heterocycles. The highest BCUT2D eigenvalue weighted by Crippen LogP contribution is 2.24.